The van der Waals surface area contributed by atoms with Crippen LogP contribution >= 0.6 is 0 Å². The van der Waals surface area contributed by atoms with Crippen LogP contribution in [0, 0.1) is 16.0 Å². The average Bonchev–Trinajstić information content (AvgIpc) is 3.37. The number of amides is 1. The van der Waals surface area contributed by atoms with Gasteiger partial charge in [-0.2, -0.15) is 5.10 Å². The molecular formula is C17H15N3O3. The fourth-order valence-electron chi connectivity index (χ4n) is 2.49. The van der Waals surface area contributed by atoms with Crippen molar-refractivity contribution in [2.45, 2.75) is 12.3 Å². The van der Waals surface area contributed by atoms with E-state index in [1.165, 1.54) is 23.9 Å². The summed E-state index contributed by atoms with van der Waals surface area (Å²) in [5.74, 6) is 0.134. The number of nitro groups is 1. The average molecular weight is 309 g/mol. The van der Waals surface area contributed by atoms with Crippen LogP contribution in [0.15, 0.2) is 59.7 Å². The number of non-ortho nitro benzene ring substituents is 1. The third-order valence-corrected chi connectivity index (χ3v) is 3.85. The number of carbonyl (C=O) groups is 1. The lowest BCUT2D eigenvalue weighted by Crippen LogP contribution is -2.20. The van der Waals surface area contributed by atoms with E-state index in [2.05, 4.69) is 10.5 Å². The normalized spacial score (nSPS) is 19.5. The molecule has 1 amide bonds. The molecular weight excluding hydrogens is 294 g/mol. The number of nitro benzene ring substituents is 1. The Kier molecular flexibility index (Phi) is 4.14. The number of rotatable bonds is 5. The second kappa shape index (κ2) is 6.39. The van der Waals surface area contributed by atoms with Crippen molar-refractivity contribution in [3.63, 3.8) is 0 Å². The molecule has 0 heterocycles. The Bertz CT molecular complexity index is 741. The zero-order valence-electron chi connectivity index (χ0n) is 12.3. The van der Waals surface area contributed by atoms with E-state index in [4.69, 9.17) is 0 Å². The number of nitrogens with one attached hydrogen (secondary N) is 1. The summed E-state index contributed by atoms with van der Waals surface area (Å²) in [7, 11) is 0. The molecule has 0 saturated heterocycles. The van der Waals surface area contributed by atoms with Gasteiger partial charge in [-0.1, -0.05) is 30.3 Å². The predicted molar refractivity (Wildman–Crippen MR) is 86.1 cm³/mol. The van der Waals surface area contributed by atoms with Gasteiger partial charge in [-0.05, 0) is 35.6 Å². The van der Waals surface area contributed by atoms with Crippen LogP contribution < -0.4 is 5.43 Å². The highest BCUT2D eigenvalue weighted by Gasteiger charge is 2.43. The van der Waals surface area contributed by atoms with Crippen molar-refractivity contribution in [3.8, 4) is 0 Å². The smallest absolute Gasteiger partial charge is 0.269 e. The summed E-state index contributed by atoms with van der Waals surface area (Å²) in [5.41, 5.74) is 4.41. The standard InChI is InChI=1S/C17H15N3O3/c21-17(16-10-15(16)13-4-2-1-3-5-13)19-18-11-12-6-8-14(9-7-12)20(22)23/h1-9,11,15-16H,10H2,(H,19,21)/b18-11+. The lowest BCUT2D eigenvalue weighted by molar-refractivity contribution is -0.384. The van der Waals surface area contributed by atoms with Crippen LogP contribution in [0.2, 0.25) is 0 Å². The molecule has 6 nitrogen and oxygen atoms in total. The molecule has 2 aromatic carbocycles. The molecule has 6 heteroatoms. The molecule has 1 N–H and O–H groups in total. The van der Waals surface area contributed by atoms with Crippen LogP contribution in [0.4, 0.5) is 5.69 Å². The Morgan fingerprint density at radius 3 is 2.52 bits per heavy atom. The maximum Gasteiger partial charge on any atom is 0.269 e. The summed E-state index contributed by atoms with van der Waals surface area (Å²) in [4.78, 5) is 22.1. The van der Waals surface area contributed by atoms with E-state index in [9.17, 15) is 14.9 Å². The topological polar surface area (TPSA) is 84.6 Å². The maximum absolute atomic E-state index is 12.0. The zero-order chi connectivity index (χ0) is 16.2. The van der Waals surface area contributed by atoms with Crippen LogP contribution in [0.5, 0.6) is 0 Å². The van der Waals surface area contributed by atoms with E-state index in [1.54, 1.807) is 12.1 Å². The molecule has 1 aliphatic rings. The van der Waals surface area contributed by atoms with E-state index in [-0.39, 0.29) is 23.4 Å². The van der Waals surface area contributed by atoms with Gasteiger partial charge in [-0.25, -0.2) is 5.43 Å². The van der Waals surface area contributed by atoms with Crippen molar-refractivity contribution in [1.82, 2.24) is 5.43 Å². The molecule has 0 bridgehead atoms. The molecule has 0 aliphatic heterocycles. The predicted octanol–water partition coefficient (Wildman–Crippen LogP) is 2.85. The molecule has 1 aliphatic carbocycles. The van der Waals surface area contributed by atoms with Gasteiger partial charge in [0.05, 0.1) is 11.1 Å². The Balaban J connectivity index is 1.52. The van der Waals surface area contributed by atoms with Gasteiger partial charge in [-0.3, -0.25) is 14.9 Å². The first-order valence-corrected chi connectivity index (χ1v) is 7.27. The summed E-state index contributed by atoms with van der Waals surface area (Å²) in [6.07, 6.45) is 2.31. The van der Waals surface area contributed by atoms with Gasteiger partial charge in [0.15, 0.2) is 0 Å². The molecule has 116 valence electrons. The molecule has 0 radical (unpaired) electrons. The largest absolute Gasteiger partial charge is 0.273 e. The van der Waals surface area contributed by atoms with E-state index < -0.39 is 4.92 Å². The first kappa shape index (κ1) is 14.9. The lowest BCUT2D eigenvalue weighted by Gasteiger charge is -2.00. The van der Waals surface area contributed by atoms with Crippen LogP contribution in [-0.2, 0) is 4.79 Å². The van der Waals surface area contributed by atoms with Crippen molar-refractivity contribution in [1.29, 1.82) is 0 Å². The molecule has 0 aromatic heterocycles. The fourth-order valence-corrected chi connectivity index (χ4v) is 2.49. The number of hydrogen-bond donors (Lipinski definition) is 1. The third kappa shape index (κ3) is 3.60. The number of benzene rings is 2. The lowest BCUT2D eigenvalue weighted by atomic mass is 10.1. The second-order valence-electron chi connectivity index (χ2n) is 5.44. The highest BCUT2D eigenvalue weighted by molar-refractivity contribution is 5.85. The van der Waals surface area contributed by atoms with Crippen molar-refractivity contribution in [3.05, 3.63) is 75.8 Å². The molecule has 23 heavy (non-hydrogen) atoms. The second-order valence-corrected chi connectivity index (χ2v) is 5.44. The molecule has 3 rings (SSSR count). The summed E-state index contributed by atoms with van der Waals surface area (Å²) in [5, 5.41) is 14.5. The van der Waals surface area contributed by atoms with Crippen molar-refractivity contribution < 1.29 is 9.72 Å². The number of hydrogen-bond acceptors (Lipinski definition) is 4. The minimum atomic E-state index is -0.459. The van der Waals surface area contributed by atoms with E-state index in [1.807, 2.05) is 30.3 Å². The van der Waals surface area contributed by atoms with Gasteiger partial charge >= 0.3 is 0 Å². The van der Waals surface area contributed by atoms with Crippen molar-refractivity contribution in [2.24, 2.45) is 11.0 Å². The number of carbonyl (C=O) groups excluding carboxylic acids is 1. The highest BCUT2D eigenvalue weighted by atomic mass is 16.6. The van der Waals surface area contributed by atoms with E-state index >= 15 is 0 Å². The quantitative estimate of drug-likeness (QED) is 0.523. The van der Waals surface area contributed by atoms with Crippen LogP contribution in [0.1, 0.15) is 23.5 Å². The summed E-state index contributed by atoms with van der Waals surface area (Å²) >= 11 is 0. The first-order valence-electron chi connectivity index (χ1n) is 7.27. The SMILES string of the molecule is O=C(N/N=C/c1ccc([N+](=O)[O-])cc1)C1CC1c1ccccc1. The fraction of sp³-hybridized carbons (Fsp3) is 0.176. The van der Waals surface area contributed by atoms with Crippen LogP contribution in [-0.4, -0.2) is 17.0 Å². The highest BCUT2D eigenvalue weighted by Crippen LogP contribution is 2.47. The first-order chi connectivity index (χ1) is 11.1. The molecule has 2 atom stereocenters. The molecule has 0 spiro atoms. The Morgan fingerprint density at radius 2 is 1.87 bits per heavy atom. The monoisotopic (exact) mass is 309 g/mol. The van der Waals surface area contributed by atoms with Crippen molar-refractivity contribution in [2.75, 3.05) is 0 Å². The summed E-state index contributed by atoms with van der Waals surface area (Å²) in [6, 6.07) is 15.9. The molecule has 1 saturated carbocycles. The van der Waals surface area contributed by atoms with Crippen LogP contribution in [0.3, 0.4) is 0 Å². The van der Waals surface area contributed by atoms with Gasteiger partial charge in [0.1, 0.15) is 0 Å². The van der Waals surface area contributed by atoms with Gasteiger partial charge in [0, 0.05) is 18.1 Å². The van der Waals surface area contributed by atoms with E-state index in [0.717, 1.165) is 6.42 Å². The molecule has 2 aromatic rings. The summed E-state index contributed by atoms with van der Waals surface area (Å²) in [6.45, 7) is 0. The molecule has 1 fully saturated rings. The Labute approximate surface area is 133 Å². The number of nitrogens with zero attached hydrogens (tertiary/aromatic N) is 2. The minimum Gasteiger partial charge on any atom is -0.273 e. The van der Waals surface area contributed by atoms with Crippen molar-refractivity contribution >= 4 is 17.8 Å². The van der Waals surface area contributed by atoms with E-state index in [0.29, 0.717) is 5.56 Å². The van der Waals surface area contributed by atoms with Gasteiger partial charge < -0.3 is 0 Å². The Hall–Kier alpha value is -3.02. The van der Waals surface area contributed by atoms with Gasteiger partial charge in [0.2, 0.25) is 5.91 Å². The minimum absolute atomic E-state index is 0.0230. The van der Waals surface area contributed by atoms with Gasteiger partial charge in [-0.15, -0.1) is 0 Å². The summed E-state index contributed by atoms with van der Waals surface area (Å²) < 4.78 is 0. The van der Waals surface area contributed by atoms with Gasteiger partial charge in [0.25, 0.3) is 5.69 Å². The molecule has 2 unspecified atom stereocenters. The zero-order valence-corrected chi connectivity index (χ0v) is 12.3. The van der Waals surface area contributed by atoms with Crippen LogP contribution in [0.25, 0.3) is 0 Å². The maximum atomic E-state index is 12.0. The Morgan fingerprint density at radius 1 is 1.17 bits per heavy atom. The third-order valence-electron chi connectivity index (χ3n) is 3.85. The number of hydrazone groups is 1.